The van der Waals surface area contributed by atoms with Crippen LogP contribution in [0, 0.1) is 0 Å². The second-order valence-corrected chi connectivity index (χ2v) is 8.93. The SMILES string of the molecule is CCC(O)P(=O)(O)OC(C)C[C@H]1O[C@@H](n2cnc3c(Cl)ncnc32)[C@H](O)[C@@H]1O. The van der Waals surface area contributed by atoms with Crippen LogP contribution in [0.3, 0.4) is 0 Å². The van der Waals surface area contributed by atoms with Gasteiger partial charge in [0.15, 0.2) is 22.9 Å². The van der Waals surface area contributed by atoms with E-state index in [9.17, 15) is 24.8 Å². The fourth-order valence-electron chi connectivity index (χ4n) is 3.09. The summed E-state index contributed by atoms with van der Waals surface area (Å²) in [5.41, 5.74) is 0.650. The molecule has 0 aromatic carbocycles. The molecule has 4 N–H and O–H groups in total. The standard InChI is InChI=1S/C15H22ClN4O7P/c1-3-9(21)28(24,25)27-7(2)4-8-11(22)12(23)15(26-8)20-6-19-10-13(16)17-5-18-14(10)20/h5-9,11-12,15,21-23H,3-4H2,1-2H3,(H,24,25)/t7?,8-,9?,11-,12-,15-/m1/s1. The Morgan fingerprint density at radius 2 is 2.07 bits per heavy atom. The Kier molecular flexibility index (Phi) is 6.38. The second kappa shape index (κ2) is 8.29. The van der Waals surface area contributed by atoms with Gasteiger partial charge in [0, 0.05) is 6.42 Å². The first-order valence-corrected chi connectivity index (χ1v) is 10.7. The van der Waals surface area contributed by atoms with Gasteiger partial charge in [-0.25, -0.2) is 15.0 Å². The molecule has 0 bridgehead atoms. The molecule has 1 aliphatic heterocycles. The van der Waals surface area contributed by atoms with E-state index < -0.39 is 44.1 Å². The van der Waals surface area contributed by atoms with Gasteiger partial charge in [-0.3, -0.25) is 9.13 Å². The monoisotopic (exact) mass is 436 g/mol. The average Bonchev–Trinajstić information content (AvgIpc) is 3.18. The third-order valence-electron chi connectivity index (χ3n) is 4.56. The van der Waals surface area contributed by atoms with E-state index in [4.69, 9.17) is 20.9 Å². The first-order valence-electron chi connectivity index (χ1n) is 8.69. The molecule has 1 saturated heterocycles. The highest BCUT2D eigenvalue weighted by molar-refractivity contribution is 7.53. The number of hydrogen-bond donors (Lipinski definition) is 4. The van der Waals surface area contributed by atoms with Gasteiger partial charge in [-0.15, -0.1) is 0 Å². The zero-order chi connectivity index (χ0) is 20.6. The Bertz CT molecular complexity index is 883. The number of ether oxygens (including phenoxy) is 1. The number of hydrogen-bond acceptors (Lipinski definition) is 9. The lowest BCUT2D eigenvalue weighted by atomic mass is 10.1. The molecule has 2 aromatic heterocycles. The molecule has 1 aliphatic rings. The minimum absolute atomic E-state index is 0.0120. The highest BCUT2D eigenvalue weighted by Gasteiger charge is 2.45. The van der Waals surface area contributed by atoms with Gasteiger partial charge in [0.25, 0.3) is 0 Å². The van der Waals surface area contributed by atoms with E-state index in [1.807, 2.05) is 0 Å². The van der Waals surface area contributed by atoms with Gasteiger partial charge in [0.2, 0.25) is 0 Å². The number of fused-ring (bicyclic) bond motifs is 1. The summed E-state index contributed by atoms with van der Waals surface area (Å²) >= 11 is 5.97. The normalized spacial score (nSPS) is 29.7. The second-order valence-electron chi connectivity index (χ2n) is 6.64. The van der Waals surface area contributed by atoms with Crippen molar-refractivity contribution >= 4 is 30.4 Å². The number of aliphatic hydroxyl groups excluding tert-OH is 3. The maximum absolute atomic E-state index is 12.0. The van der Waals surface area contributed by atoms with Gasteiger partial charge in [-0.2, -0.15) is 0 Å². The molecule has 13 heteroatoms. The molecular weight excluding hydrogens is 415 g/mol. The van der Waals surface area contributed by atoms with Crippen LogP contribution in [-0.4, -0.2) is 70.0 Å². The lowest BCUT2D eigenvalue weighted by Crippen LogP contribution is -2.33. The van der Waals surface area contributed by atoms with Crippen LogP contribution in [0.1, 0.15) is 32.9 Å². The summed E-state index contributed by atoms with van der Waals surface area (Å²) in [6.45, 7) is 3.07. The predicted molar refractivity (Wildman–Crippen MR) is 97.5 cm³/mol. The van der Waals surface area contributed by atoms with Gasteiger partial charge in [0.1, 0.15) is 24.1 Å². The zero-order valence-corrected chi connectivity index (χ0v) is 16.8. The average molecular weight is 437 g/mol. The summed E-state index contributed by atoms with van der Waals surface area (Å²) < 4.78 is 24.3. The molecule has 3 unspecified atom stereocenters. The molecule has 3 rings (SSSR count). The topological polar surface area (TPSA) is 160 Å². The Morgan fingerprint density at radius 3 is 2.75 bits per heavy atom. The van der Waals surface area contributed by atoms with Crippen molar-refractivity contribution in [2.45, 2.75) is 63.2 Å². The fourth-order valence-corrected chi connectivity index (χ4v) is 4.47. The molecule has 0 spiro atoms. The van der Waals surface area contributed by atoms with E-state index in [0.29, 0.717) is 11.2 Å². The Balaban J connectivity index is 1.73. The van der Waals surface area contributed by atoms with Crippen LogP contribution in [0.15, 0.2) is 12.7 Å². The van der Waals surface area contributed by atoms with Crippen LogP contribution < -0.4 is 0 Å². The third kappa shape index (κ3) is 4.07. The molecule has 0 saturated carbocycles. The van der Waals surface area contributed by atoms with Crippen LogP contribution in [0.25, 0.3) is 11.2 Å². The third-order valence-corrected chi connectivity index (χ3v) is 6.62. The van der Waals surface area contributed by atoms with Crippen molar-refractivity contribution in [1.82, 2.24) is 19.5 Å². The summed E-state index contributed by atoms with van der Waals surface area (Å²) in [4.78, 5) is 21.8. The largest absolute Gasteiger partial charge is 0.388 e. The van der Waals surface area contributed by atoms with E-state index in [1.165, 1.54) is 24.1 Å². The van der Waals surface area contributed by atoms with Crippen molar-refractivity contribution in [3.05, 3.63) is 17.8 Å². The first kappa shape index (κ1) is 21.5. The van der Waals surface area contributed by atoms with E-state index in [-0.39, 0.29) is 18.0 Å². The number of nitrogens with zero attached hydrogens (tertiary/aromatic N) is 4. The number of imidazole rings is 1. The molecule has 11 nitrogen and oxygen atoms in total. The molecule has 1 fully saturated rings. The summed E-state index contributed by atoms with van der Waals surface area (Å²) in [5.74, 6) is -1.50. The van der Waals surface area contributed by atoms with Crippen molar-refractivity contribution in [3.8, 4) is 0 Å². The van der Waals surface area contributed by atoms with Gasteiger partial charge in [0.05, 0.1) is 18.5 Å². The van der Waals surface area contributed by atoms with Crippen LogP contribution in [-0.2, 0) is 13.8 Å². The zero-order valence-electron chi connectivity index (χ0n) is 15.2. The minimum atomic E-state index is -4.22. The number of aliphatic hydroxyl groups is 3. The molecule has 2 aromatic rings. The smallest absolute Gasteiger partial charge is 0.356 e. The van der Waals surface area contributed by atoms with Crippen LogP contribution >= 0.6 is 19.2 Å². The summed E-state index contributed by atoms with van der Waals surface area (Å²) in [6, 6.07) is 0. The molecule has 156 valence electrons. The first-order chi connectivity index (χ1) is 13.2. The van der Waals surface area contributed by atoms with Gasteiger partial charge < -0.3 is 29.5 Å². The quantitative estimate of drug-likeness (QED) is 0.361. The summed E-state index contributed by atoms with van der Waals surface area (Å²) in [6.07, 6.45) is -2.60. The maximum Gasteiger partial charge on any atom is 0.356 e. The summed E-state index contributed by atoms with van der Waals surface area (Å²) in [5, 5.41) is 30.5. The van der Waals surface area contributed by atoms with Crippen LogP contribution in [0.4, 0.5) is 0 Å². The van der Waals surface area contributed by atoms with Crippen molar-refractivity contribution in [2.75, 3.05) is 0 Å². The molecular formula is C15H22ClN4O7P. The number of aromatic nitrogens is 4. The van der Waals surface area contributed by atoms with E-state index in [0.717, 1.165) is 0 Å². The number of halogens is 1. The summed E-state index contributed by atoms with van der Waals surface area (Å²) in [7, 11) is -4.22. The van der Waals surface area contributed by atoms with E-state index in [2.05, 4.69) is 15.0 Å². The van der Waals surface area contributed by atoms with Crippen LogP contribution in [0.5, 0.6) is 0 Å². The fraction of sp³-hybridized carbons (Fsp3) is 0.667. The van der Waals surface area contributed by atoms with Gasteiger partial charge in [-0.05, 0) is 13.3 Å². The minimum Gasteiger partial charge on any atom is -0.388 e. The highest BCUT2D eigenvalue weighted by Crippen LogP contribution is 2.49. The van der Waals surface area contributed by atoms with Crippen molar-refractivity contribution < 1.29 is 34.0 Å². The van der Waals surface area contributed by atoms with Gasteiger partial charge in [-0.1, -0.05) is 18.5 Å². The van der Waals surface area contributed by atoms with E-state index >= 15 is 0 Å². The van der Waals surface area contributed by atoms with E-state index in [1.54, 1.807) is 6.92 Å². The Hall–Kier alpha value is -1.17. The Morgan fingerprint density at radius 1 is 1.36 bits per heavy atom. The molecule has 28 heavy (non-hydrogen) atoms. The highest BCUT2D eigenvalue weighted by atomic mass is 35.5. The molecule has 0 amide bonds. The maximum atomic E-state index is 12.0. The molecule has 0 aliphatic carbocycles. The number of rotatable bonds is 7. The molecule has 0 radical (unpaired) electrons. The van der Waals surface area contributed by atoms with Gasteiger partial charge >= 0.3 is 7.60 Å². The van der Waals surface area contributed by atoms with Crippen molar-refractivity contribution in [3.63, 3.8) is 0 Å². The van der Waals surface area contributed by atoms with Crippen LogP contribution in [0.2, 0.25) is 5.15 Å². The Labute approximate surface area is 165 Å². The lowest BCUT2D eigenvalue weighted by molar-refractivity contribution is -0.0463. The lowest BCUT2D eigenvalue weighted by Gasteiger charge is -2.24. The molecule has 3 heterocycles. The van der Waals surface area contributed by atoms with Crippen molar-refractivity contribution in [1.29, 1.82) is 0 Å². The molecule has 7 atom stereocenters. The predicted octanol–water partition coefficient (Wildman–Crippen LogP) is 0.808. The van der Waals surface area contributed by atoms with Crippen molar-refractivity contribution in [2.24, 2.45) is 0 Å².